The van der Waals surface area contributed by atoms with Gasteiger partial charge in [0.1, 0.15) is 17.3 Å². The minimum Gasteiger partial charge on any atom is -0.456 e. The zero-order valence-electron chi connectivity index (χ0n) is 15.8. The first-order valence-corrected chi connectivity index (χ1v) is 9.27. The molecule has 0 saturated carbocycles. The molecule has 0 unspecified atom stereocenters. The number of halogens is 1. The number of benzene rings is 1. The van der Waals surface area contributed by atoms with Crippen LogP contribution in [0.3, 0.4) is 0 Å². The van der Waals surface area contributed by atoms with E-state index in [1.165, 1.54) is 0 Å². The lowest BCUT2D eigenvalue weighted by Gasteiger charge is -2.22. The molecule has 2 aromatic heterocycles. The van der Waals surface area contributed by atoms with E-state index in [1.54, 1.807) is 30.9 Å². The van der Waals surface area contributed by atoms with Gasteiger partial charge in [0.25, 0.3) is 0 Å². The lowest BCUT2D eigenvalue weighted by atomic mass is 10.2. The molecule has 7 nitrogen and oxygen atoms in total. The lowest BCUT2D eigenvalue weighted by Crippen LogP contribution is -2.39. The molecule has 150 valence electrons. The van der Waals surface area contributed by atoms with Crippen LogP contribution in [0.5, 0.6) is 11.5 Å². The normalized spacial score (nSPS) is 16.1. The van der Waals surface area contributed by atoms with E-state index < -0.39 is 0 Å². The minimum absolute atomic E-state index is 0. The summed E-state index contributed by atoms with van der Waals surface area (Å²) in [6.45, 7) is 1.45. The van der Waals surface area contributed by atoms with E-state index >= 15 is 0 Å². The molecule has 1 aromatic carbocycles. The molecule has 8 heteroatoms. The second-order valence-electron chi connectivity index (χ2n) is 6.60. The minimum atomic E-state index is -0.171. The summed E-state index contributed by atoms with van der Waals surface area (Å²) in [5.74, 6) is 2.09. The van der Waals surface area contributed by atoms with Gasteiger partial charge in [0.05, 0.1) is 18.8 Å². The number of hydrogen-bond donors (Lipinski definition) is 1. The maximum Gasteiger partial charge on any atom is 0.241 e. The Kier molecular flexibility index (Phi) is 7.10. The fraction of sp³-hybridized carbons (Fsp3) is 0.238. The van der Waals surface area contributed by atoms with E-state index in [0.717, 1.165) is 30.9 Å². The van der Waals surface area contributed by atoms with Crippen molar-refractivity contribution in [2.75, 3.05) is 11.9 Å². The van der Waals surface area contributed by atoms with Crippen molar-refractivity contribution in [2.24, 2.45) is 0 Å². The summed E-state index contributed by atoms with van der Waals surface area (Å²) in [6.07, 6.45) is 8.62. The van der Waals surface area contributed by atoms with E-state index in [9.17, 15) is 4.79 Å². The molecule has 1 saturated heterocycles. The molecule has 3 aromatic rings. The molecule has 1 aliphatic heterocycles. The maximum absolute atomic E-state index is 12.8. The molecule has 0 radical (unpaired) electrons. The number of ether oxygens (including phenoxy) is 1. The first kappa shape index (κ1) is 20.7. The molecular weight excluding hydrogens is 390 g/mol. The van der Waals surface area contributed by atoms with Crippen LogP contribution in [0.15, 0.2) is 67.3 Å². The van der Waals surface area contributed by atoms with Gasteiger partial charge in [0.2, 0.25) is 5.91 Å². The number of anilines is 1. The summed E-state index contributed by atoms with van der Waals surface area (Å²) < 4.78 is 5.72. The SMILES string of the molecule is Cl.O=C(Nc1ccc(Oc2cccnc2)cc1)[C@H]1CCCN1Cc1ncccn1. The van der Waals surface area contributed by atoms with Crippen LogP contribution in [-0.2, 0) is 11.3 Å². The molecule has 29 heavy (non-hydrogen) atoms. The van der Waals surface area contributed by atoms with Crippen molar-refractivity contribution in [2.45, 2.75) is 25.4 Å². The third-order valence-electron chi connectivity index (χ3n) is 4.62. The van der Waals surface area contributed by atoms with Gasteiger partial charge in [-0.15, -0.1) is 12.4 Å². The summed E-state index contributed by atoms with van der Waals surface area (Å²) >= 11 is 0. The molecule has 0 bridgehead atoms. The average molecular weight is 412 g/mol. The summed E-state index contributed by atoms with van der Waals surface area (Å²) in [4.78, 5) is 27.4. The van der Waals surface area contributed by atoms with Crippen molar-refractivity contribution in [3.63, 3.8) is 0 Å². The Hall–Kier alpha value is -3.03. The quantitative estimate of drug-likeness (QED) is 0.666. The van der Waals surface area contributed by atoms with Gasteiger partial charge in [-0.25, -0.2) is 9.97 Å². The van der Waals surface area contributed by atoms with Crippen LogP contribution in [0.25, 0.3) is 0 Å². The zero-order chi connectivity index (χ0) is 19.2. The van der Waals surface area contributed by atoms with Gasteiger partial charge in [0.15, 0.2) is 0 Å². The lowest BCUT2D eigenvalue weighted by molar-refractivity contribution is -0.120. The van der Waals surface area contributed by atoms with Crippen LogP contribution < -0.4 is 10.1 Å². The van der Waals surface area contributed by atoms with Crippen molar-refractivity contribution in [1.82, 2.24) is 19.9 Å². The van der Waals surface area contributed by atoms with Crippen molar-refractivity contribution in [3.8, 4) is 11.5 Å². The third-order valence-corrected chi connectivity index (χ3v) is 4.62. The number of nitrogens with one attached hydrogen (secondary N) is 1. The molecule has 4 rings (SSSR count). The molecule has 3 heterocycles. The number of aromatic nitrogens is 3. The first-order valence-electron chi connectivity index (χ1n) is 9.27. The van der Waals surface area contributed by atoms with Crippen LogP contribution in [-0.4, -0.2) is 38.3 Å². The Labute approximate surface area is 175 Å². The summed E-state index contributed by atoms with van der Waals surface area (Å²) in [7, 11) is 0. The smallest absolute Gasteiger partial charge is 0.241 e. The zero-order valence-corrected chi connectivity index (χ0v) is 16.6. The Morgan fingerprint density at radius 2 is 1.86 bits per heavy atom. The predicted molar refractivity (Wildman–Crippen MR) is 112 cm³/mol. The highest BCUT2D eigenvalue weighted by molar-refractivity contribution is 5.95. The molecule has 1 atom stereocenters. The van der Waals surface area contributed by atoms with Gasteiger partial charge in [-0.1, -0.05) is 0 Å². The number of nitrogens with zero attached hydrogens (tertiary/aromatic N) is 4. The number of rotatable bonds is 6. The Bertz CT molecular complexity index is 909. The highest BCUT2D eigenvalue weighted by Gasteiger charge is 2.31. The van der Waals surface area contributed by atoms with Crippen molar-refractivity contribution < 1.29 is 9.53 Å². The molecule has 1 fully saturated rings. The maximum atomic E-state index is 12.8. The van der Waals surface area contributed by atoms with E-state index in [4.69, 9.17) is 4.74 Å². The topological polar surface area (TPSA) is 80.2 Å². The van der Waals surface area contributed by atoms with Crippen LogP contribution in [0.4, 0.5) is 5.69 Å². The van der Waals surface area contributed by atoms with Crippen molar-refractivity contribution in [1.29, 1.82) is 0 Å². The number of carbonyl (C=O) groups is 1. The van der Waals surface area contributed by atoms with Crippen LogP contribution in [0, 0.1) is 0 Å². The van der Waals surface area contributed by atoms with E-state index in [1.807, 2.05) is 36.4 Å². The molecule has 0 aliphatic carbocycles. The summed E-state index contributed by atoms with van der Waals surface area (Å²) in [6, 6.07) is 12.6. The Morgan fingerprint density at radius 3 is 2.59 bits per heavy atom. The third kappa shape index (κ3) is 5.49. The van der Waals surface area contributed by atoms with Crippen LogP contribution in [0.2, 0.25) is 0 Å². The monoisotopic (exact) mass is 411 g/mol. The number of likely N-dealkylation sites (tertiary alicyclic amines) is 1. The van der Waals surface area contributed by atoms with Gasteiger partial charge in [-0.05, 0) is 61.9 Å². The Morgan fingerprint density at radius 1 is 1.07 bits per heavy atom. The van der Waals surface area contributed by atoms with Gasteiger partial charge >= 0.3 is 0 Å². The van der Waals surface area contributed by atoms with E-state index in [0.29, 0.717) is 18.0 Å². The second-order valence-corrected chi connectivity index (χ2v) is 6.60. The molecular formula is C21H22ClN5O2. The van der Waals surface area contributed by atoms with Crippen LogP contribution >= 0.6 is 12.4 Å². The largest absolute Gasteiger partial charge is 0.456 e. The predicted octanol–water partition coefficient (Wildman–Crippen LogP) is 3.69. The van der Waals surface area contributed by atoms with Crippen molar-refractivity contribution >= 4 is 24.0 Å². The number of carbonyl (C=O) groups excluding carboxylic acids is 1. The molecule has 0 spiro atoms. The highest BCUT2D eigenvalue weighted by Crippen LogP contribution is 2.24. The summed E-state index contributed by atoms with van der Waals surface area (Å²) in [5, 5.41) is 3.00. The first-order chi connectivity index (χ1) is 13.8. The number of hydrogen-bond acceptors (Lipinski definition) is 6. The van der Waals surface area contributed by atoms with E-state index in [-0.39, 0.29) is 24.4 Å². The standard InChI is InChI=1S/C21H21N5O2.ClH/c27-21(19-5-2-13-26(19)15-20-23-11-3-12-24-20)25-16-6-8-17(9-7-16)28-18-4-1-10-22-14-18;/h1,3-4,6-12,14,19H,2,5,13,15H2,(H,25,27);1H/t19-;/m1./s1. The van der Waals surface area contributed by atoms with Gasteiger partial charge in [-0.3, -0.25) is 14.7 Å². The summed E-state index contributed by atoms with van der Waals surface area (Å²) in [5.41, 5.74) is 0.742. The van der Waals surface area contributed by atoms with Crippen molar-refractivity contribution in [3.05, 3.63) is 73.1 Å². The fourth-order valence-corrected chi connectivity index (χ4v) is 3.28. The van der Waals surface area contributed by atoms with Gasteiger partial charge in [0, 0.05) is 24.3 Å². The second kappa shape index (κ2) is 9.95. The molecule has 1 aliphatic rings. The Balaban J connectivity index is 0.00000240. The van der Waals surface area contributed by atoms with Gasteiger partial charge in [-0.2, -0.15) is 0 Å². The molecule has 1 amide bonds. The molecule has 1 N–H and O–H groups in total. The number of amides is 1. The fourth-order valence-electron chi connectivity index (χ4n) is 3.28. The average Bonchev–Trinajstić information content (AvgIpc) is 3.19. The van der Waals surface area contributed by atoms with Gasteiger partial charge < -0.3 is 10.1 Å². The van der Waals surface area contributed by atoms with Crippen LogP contribution in [0.1, 0.15) is 18.7 Å². The van der Waals surface area contributed by atoms with E-state index in [2.05, 4.69) is 25.2 Å². The number of pyridine rings is 1. The highest BCUT2D eigenvalue weighted by atomic mass is 35.5.